The fourth-order valence-electron chi connectivity index (χ4n) is 7.68. The summed E-state index contributed by atoms with van der Waals surface area (Å²) in [5, 5.41) is 67.3. The Kier molecular flexibility index (Phi) is 30.5. The first-order chi connectivity index (χ1) is 48.0. The van der Waals surface area contributed by atoms with Crippen molar-refractivity contribution in [1.82, 2.24) is 55.3 Å². The van der Waals surface area contributed by atoms with Crippen LogP contribution in [0.4, 0.5) is 34.9 Å². The number of hydrogen-bond acceptors (Lipinski definition) is 29. The molecular weight excluding hydrogens is 1310 g/mol. The van der Waals surface area contributed by atoms with E-state index in [-0.39, 0.29) is 71.3 Å². The maximum Gasteiger partial charge on any atom is 0.274 e. The monoisotopic (exact) mass is 1380 g/mol. The second-order valence-corrected chi connectivity index (χ2v) is 20.2. The molecule has 9 aromatic rings. The van der Waals surface area contributed by atoms with Crippen molar-refractivity contribution in [3.05, 3.63) is 239 Å². The van der Waals surface area contributed by atoms with Crippen molar-refractivity contribution in [2.24, 2.45) is 15.3 Å². The number of H-pyrrole nitrogens is 3. The first kappa shape index (κ1) is 76.8. The molecule has 0 saturated heterocycles. The van der Waals surface area contributed by atoms with Gasteiger partial charge in [-0.25, -0.2) is 16.3 Å². The average molecular weight is 1380 g/mol. The Bertz CT molecular complexity index is 4030. The molecule has 3 heterocycles. The van der Waals surface area contributed by atoms with E-state index in [4.69, 9.17) is 28.4 Å². The summed E-state index contributed by atoms with van der Waals surface area (Å²) in [4.78, 5) is 96.8. The number of non-ortho nitro benzene ring substituents is 3. The molecule has 6 aromatic carbocycles. The smallest absolute Gasteiger partial charge is 0.274 e. The van der Waals surface area contributed by atoms with Crippen molar-refractivity contribution < 1.29 is 52.8 Å². The topological polar surface area (TPSA) is 475 Å². The predicted octanol–water partition coefficient (Wildman–Crippen LogP) is 5.79. The number of hydrogen-bond donors (Lipinski definition) is 6. The molecule has 100 heavy (non-hydrogen) atoms. The number of benzene rings is 6. The van der Waals surface area contributed by atoms with Gasteiger partial charge in [0.2, 0.25) is 30.7 Å². The molecule has 0 saturated carbocycles. The van der Waals surface area contributed by atoms with E-state index >= 15 is 0 Å². The van der Waals surface area contributed by atoms with Gasteiger partial charge in [0.05, 0.1) is 76.1 Å². The van der Waals surface area contributed by atoms with E-state index in [1.54, 1.807) is 122 Å². The fourth-order valence-corrected chi connectivity index (χ4v) is 7.68. The van der Waals surface area contributed by atoms with Gasteiger partial charge in [0.25, 0.3) is 33.7 Å². The Morgan fingerprint density at radius 1 is 0.390 bits per heavy atom. The zero-order valence-corrected chi connectivity index (χ0v) is 55.3. The number of nitrogens with one attached hydrogen (secondary N) is 6. The Hall–Kier alpha value is -13.9. The molecule has 6 N–H and O–H groups in total. The van der Waals surface area contributed by atoms with Crippen molar-refractivity contribution in [2.75, 3.05) is 87.1 Å². The van der Waals surface area contributed by atoms with Crippen molar-refractivity contribution in [3.63, 3.8) is 0 Å². The second-order valence-electron chi connectivity index (χ2n) is 20.2. The van der Waals surface area contributed by atoms with Crippen molar-refractivity contribution in [2.45, 2.75) is 19.3 Å². The summed E-state index contributed by atoms with van der Waals surface area (Å²) >= 11 is 0. The van der Waals surface area contributed by atoms with Gasteiger partial charge < -0.3 is 38.2 Å². The van der Waals surface area contributed by atoms with Crippen LogP contribution in [0, 0.1) is 30.3 Å². The van der Waals surface area contributed by atoms with Gasteiger partial charge in [-0.05, 0) is 106 Å². The molecule has 0 bridgehead atoms. The Morgan fingerprint density at radius 3 is 0.810 bits per heavy atom. The number of aromatic amines is 3. The molecule has 37 nitrogen and oxygen atoms in total. The Morgan fingerprint density at radius 2 is 0.620 bits per heavy atom. The Balaban J connectivity index is 0.000000252. The van der Waals surface area contributed by atoms with Crippen molar-refractivity contribution in [3.8, 4) is 34.5 Å². The third kappa shape index (κ3) is 25.1. The van der Waals surface area contributed by atoms with E-state index in [2.05, 4.69) is 77.1 Å². The lowest BCUT2D eigenvalue weighted by Crippen LogP contribution is -2.18. The largest absolute Gasteiger partial charge is 0.493 e. The summed E-state index contributed by atoms with van der Waals surface area (Å²) in [6, 6.07) is 33.4. The van der Waals surface area contributed by atoms with Gasteiger partial charge in [0.1, 0.15) is 17.1 Å². The van der Waals surface area contributed by atoms with Gasteiger partial charge in [0, 0.05) is 83.9 Å². The molecule has 37 heteroatoms. The maximum absolute atomic E-state index is 12.3. The minimum absolute atomic E-state index is 0.0135. The average Bonchev–Trinajstić information content (AvgIpc) is 0.850. The molecule has 0 unspecified atom stereocenters. The molecule has 0 aliphatic heterocycles. The lowest BCUT2D eigenvalue weighted by Gasteiger charge is -2.09. The highest BCUT2D eigenvalue weighted by Gasteiger charge is 2.14. The number of carbonyl (C=O) groups excluding carboxylic acids is 2. The zero-order chi connectivity index (χ0) is 73.1. The van der Waals surface area contributed by atoms with Gasteiger partial charge in [-0.1, -0.05) is 18.2 Å². The van der Waals surface area contributed by atoms with Crippen LogP contribution in [0.5, 0.6) is 34.5 Å². The highest BCUT2D eigenvalue weighted by Crippen LogP contribution is 2.30. The van der Waals surface area contributed by atoms with Gasteiger partial charge in [-0.15, -0.1) is 30.6 Å². The predicted molar refractivity (Wildman–Crippen MR) is 367 cm³/mol. The van der Waals surface area contributed by atoms with Crippen LogP contribution in [-0.2, 0) is 28.9 Å². The van der Waals surface area contributed by atoms with Crippen molar-refractivity contribution in [1.29, 1.82) is 0 Å². The van der Waals surface area contributed by atoms with Crippen LogP contribution in [0.1, 0.15) is 50.5 Å². The van der Waals surface area contributed by atoms with Gasteiger partial charge >= 0.3 is 0 Å². The molecule has 9 rings (SSSR count). The third-order valence-electron chi connectivity index (χ3n) is 12.6. The number of nitro benzene ring substituents is 3. The third-order valence-corrected chi connectivity index (χ3v) is 12.6. The summed E-state index contributed by atoms with van der Waals surface area (Å²) in [6.45, 7) is 0. The van der Waals surface area contributed by atoms with Crippen LogP contribution >= 0.6 is 0 Å². The summed E-state index contributed by atoms with van der Waals surface area (Å²) in [5.41, 5.74) is 11.4. The summed E-state index contributed by atoms with van der Waals surface area (Å²) in [7, 11) is 16.0. The molecule has 0 aliphatic carbocycles. The fraction of sp³-hybridized carbons (Fsp3) is 0.206. The number of anilines is 3. The number of amides is 2. The lowest BCUT2D eigenvalue weighted by atomic mass is 10.1. The highest BCUT2D eigenvalue weighted by atomic mass is 16.6. The van der Waals surface area contributed by atoms with E-state index in [0.29, 0.717) is 51.2 Å². The molecule has 522 valence electrons. The maximum atomic E-state index is 12.3. The van der Waals surface area contributed by atoms with E-state index in [1.165, 1.54) is 86.2 Å². The van der Waals surface area contributed by atoms with E-state index < -0.39 is 31.4 Å². The number of aromatic nitrogens is 9. The minimum Gasteiger partial charge on any atom is -0.493 e. The van der Waals surface area contributed by atoms with Crippen LogP contribution in [0.25, 0.3) is 0 Å². The highest BCUT2D eigenvalue weighted by molar-refractivity contribution is 5.81. The molecule has 0 radical (unpaired) electrons. The number of rotatable bonds is 26. The number of carbonyl (C=O) groups is 2. The van der Waals surface area contributed by atoms with E-state index in [9.17, 15) is 54.3 Å². The number of nitro groups is 3. The summed E-state index contributed by atoms with van der Waals surface area (Å²) < 4.78 is 31.4. The summed E-state index contributed by atoms with van der Waals surface area (Å²) in [5.74, 6) is 3.62. The van der Waals surface area contributed by atoms with E-state index in [1.807, 2.05) is 18.2 Å². The first-order valence-corrected chi connectivity index (χ1v) is 28.9. The normalized spacial score (nSPS) is 10.3. The van der Waals surface area contributed by atoms with Gasteiger partial charge in [-0.2, -0.15) is 15.3 Å². The standard InChI is InChI=1S/3C19H18N6O5.2C3H7NO/c3*1-29-16-8-5-13(10-17(16)30-2)9-15-18(26)21-19(24-22-15)23-20-11-12-3-6-14(7-4-12)25(27)28;2*1-4(2)3-5/h3*3-8,10-11H,9H2,1-2H3,(H2,21,23,24,26);2*3H,1-2H3/b3*20-11+;;. The van der Waals surface area contributed by atoms with Crippen LogP contribution in [-0.4, -0.2) is 172 Å². The van der Waals surface area contributed by atoms with Crippen LogP contribution in [0.3, 0.4) is 0 Å². The minimum atomic E-state index is -0.483. The molecule has 0 aliphatic rings. The molecule has 2 amide bonds. The first-order valence-electron chi connectivity index (χ1n) is 28.9. The molecule has 0 atom stereocenters. The molecule has 0 spiro atoms. The van der Waals surface area contributed by atoms with Crippen LogP contribution in [0.15, 0.2) is 157 Å². The number of hydrazone groups is 3. The molecule has 3 aromatic heterocycles. The van der Waals surface area contributed by atoms with E-state index in [0.717, 1.165) is 29.5 Å². The SMILES string of the molecule is CN(C)C=O.CN(C)C=O.COc1ccc(Cc2nnc(N/N=C/c3ccc([N+](=O)[O-])cc3)[nH]c2=O)cc1OC.COc1ccc(Cc2nnc(N/N=C/c3ccc([N+](=O)[O-])cc3)[nH]c2=O)cc1OC.COc1ccc(Cc2nnc(N/N=C/c3ccc([N+](=O)[O-])cc3)[nH]c2=O)cc1OC. The molecule has 0 fully saturated rings. The molecular formula is C63H68N20O17. The van der Waals surface area contributed by atoms with Gasteiger partial charge in [0.15, 0.2) is 34.5 Å². The zero-order valence-electron chi connectivity index (χ0n) is 55.3. The van der Waals surface area contributed by atoms with Crippen LogP contribution in [0.2, 0.25) is 0 Å². The number of methoxy groups -OCH3 is 6. The summed E-state index contributed by atoms with van der Waals surface area (Å²) in [6.07, 6.45) is 6.57. The van der Waals surface area contributed by atoms with Crippen LogP contribution < -0.4 is 61.4 Å². The number of nitrogens with zero attached hydrogens (tertiary/aromatic N) is 14. The second kappa shape index (κ2) is 39.7. The Labute approximate surface area is 568 Å². The number of ether oxygens (including phenoxy) is 6. The quantitative estimate of drug-likeness (QED) is 0.0162. The van der Waals surface area contributed by atoms with Crippen molar-refractivity contribution >= 4 is 66.4 Å². The lowest BCUT2D eigenvalue weighted by molar-refractivity contribution is -0.385. The van der Waals surface area contributed by atoms with Gasteiger partial charge in [-0.3, -0.25) is 69.3 Å².